The number of benzene rings is 1. The molecule has 0 spiro atoms. The summed E-state index contributed by atoms with van der Waals surface area (Å²) in [6, 6.07) is 6.85. The largest absolute Gasteiger partial charge is 0.377 e. The molecule has 0 amide bonds. The van der Waals surface area contributed by atoms with E-state index >= 15 is 0 Å². The second-order valence-electron chi connectivity index (χ2n) is 5.29. The minimum atomic E-state index is 0.435. The average molecular weight is 297 g/mol. The summed E-state index contributed by atoms with van der Waals surface area (Å²) in [5.41, 5.74) is 2.38. The lowest BCUT2D eigenvalue weighted by molar-refractivity contribution is 0.0930. The number of nitrogens with one attached hydrogen (secondary N) is 1. The summed E-state index contributed by atoms with van der Waals surface area (Å²) in [6.45, 7) is 8.80. The Hall–Kier alpha value is -0.770. The Morgan fingerprint density at radius 1 is 1.40 bits per heavy atom. The molecule has 1 heterocycles. The van der Waals surface area contributed by atoms with Crippen LogP contribution in [0.1, 0.15) is 32.3 Å². The normalized spacial score (nSPS) is 19.4. The molecular weight excluding hydrogens is 272 g/mol. The number of halogens is 1. The average Bonchev–Trinajstić information content (AvgIpc) is 2.48. The first-order valence-corrected chi connectivity index (χ1v) is 7.97. The van der Waals surface area contributed by atoms with Crippen molar-refractivity contribution in [3.05, 3.63) is 28.8 Å². The van der Waals surface area contributed by atoms with Gasteiger partial charge >= 0.3 is 0 Å². The minimum Gasteiger partial charge on any atom is -0.377 e. The van der Waals surface area contributed by atoms with Crippen molar-refractivity contribution in [1.82, 2.24) is 5.32 Å². The number of hydrogen-bond donors (Lipinski definition) is 1. The maximum atomic E-state index is 6.49. The molecule has 0 aromatic heterocycles. The highest BCUT2D eigenvalue weighted by Gasteiger charge is 2.23. The van der Waals surface area contributed by atoms with Crippen LogP contribution in [0.2, 0.25) is 5.02 Å². The predicted octanol–water partition coefficient (Wildman–Crippen LogP) is 3.45. The second-order valence-corrected chi connectivity index (χ2v) is 5.70. The lowest BCUT2D eigenvalue weighted by Gasteiger charge is -2.37. The Kier molecular flexibility index (Phi) is 6.14. The molecule has 1 N–H and O–H groups in total. The Balaban J connectivity index is 2.08. The van der Waals surface area contributed by atoms with Crippen molar-refractivity contribution >= 4 is 17.3 Å². The first kappa shape index (κ1) is 15.6. The molecule has 1 aromatic carbocycles. The van der Waals surface area contributed by atoms with Crippen molar-refractivity contribution in [3.8, 4) is 0 Å². The lowest BCUT2D eigenvalue weighted by Crippen LogP contribution is -2.45. The van der Waals surface area contributed by atoms with Gasteiger partial charge in [0.2, 0.25) is 0 Å². The van der Waals surface area contributed by atoms with E-state index in [9.17, 15) is 0 Å². The van der Waals surface area contributed by atoms with Gasteiger partial charge in [-0.05, 0) is 37.1 Å². The summed E-state index contributed by atoms with van der Waals surface area (Å²) in [6.07, 6.45) is 2.23. The molecule has 1 aliphatic rings. The van der Waals surface area contributed by atoms with Gasteiger partial charge in [-0.15, -0.1) is 0 Å². The molecule has 0 aliphatic carbocycles. The van der Waals surface area contributed by atoms with Gasteiger partial charge in [0, 0.05) is 13.1 Å². The molecule has 0 bridgehead atoms. The summed E-state index contributed by atoms with van der Waals surface area (Å²) < 4.78 is 5.56. The topological polar surface area (TPSA) is 24.5 Å². The molecule has 1 aromatic rings. The quantitative estimate of drug-likeness (QED) is 0.814. The molecule has 2 rings (SSSR count). The zero-order valence-corrected chi connectivity index (χ0v) is 13.2. The van der Waals surface area contributed by atoms with E-state index in [-0.39, 0.29) is 0 Å². The maximum absolute atomic E-state index is 6.49. The number of rotatable bonds is 6. The van der Waals surface area contributed by atoms with Gasteiger partial charge in [0.15, 0.2) is 0 Å². The van der Waals surface area contributed by atoms with Gasteiger partial charge in [0.05, 0.1) is 30.0 Å². The van der Waals surface area contributed by atoms with E-state index in [0.717, 1.165) is 56.4 Å². The van der Waals surface area contributed by atoms with Gasteiger partial charge in [0.25, 0.3) is 0 Å². The molecule has 3 nitrogen and oxygen atoms in total. The predicted molar refractivity (Wildman–Crippen MR) is 85.7 cm³/mol. The smallest absolute Gasteiger partial charge is 0.0670 e. The Bertz CT molecular complexity index is 425. The van der Waals surface area contributed by atoms with Crippen molar-refractivity contribution in [2.75, 3.05) is 31.2 Å². The summed E-state index contributed by atoms with van der Waals surface area (Å²) >= 11 is 6.49. The summed E-state index contributed by atoms with van der Waals surface area (Å²) in [7, 11) is 0. The van der Waals surface area contributed by atoms with Crippen molar-refractivity contribution in [2.24, 2.45) is 0 Å². The summed E-state index contributed by atoms with van der Waals surface area (Å²) in [5, 5.41) is 4.25. The van der Waals surface area contributed by atoms with Crippen LogP contribution in [-0.2, 0) is 11.3 Å². The van der Waals surface area contributed by atoms with Crippen LogP contribution in [0.4, 0.5) is 5.69 Å². The van der Waals surface area contributed by atoms with Gasteiger partial charge < -0.3 is 15.0 Å². The third kappa shape index (κ3) is 3.87. The Labute approximate surface area is 127 Å². The number of anilines is 1. The van der Waals surface area contributed by atoms with E-state index in [1.54, 1.807) is 0 Å². The number of hydrogen-bond acceptors (Lipinski definition) is 3. The molecule has 112 valence electrons. The fraction of sp³-hybridized carbons (Fsp3) is 0.625. The molecule has 20 heavy (non-hydrogen) atoms. The molecular formula is C16H25ClN2O. The van der Waals surface area contributed by atoms with Crippen LogP contribution in [0, 0.1) is 0 Å². The van der Waals surface area contributed by atoms with Crippen molar-refractivity contribution < 1.29 is 4.74 Å². The second kappa shape index (κ2) is 7.87. The number of morpholine rings is 1. The molecule has 4 heteroatoms. The molecule has 0 saturated carbocycles. The van der Waals surface area contributed by atoms with Gasteiger partial charge in [-0.3, -0.25) is 0 Å². The SMILES string of the molecule is CCCNCc1ccc(N2CCOCC2CC)c(Cl)c1. The Morgan fingerprint density at radius 3 is 2.95 bits per heavy atom. The van der Waals surface area contributed by atoms with E-state index in [1.807, 2.05) is 0 Å². The monoisotopic (exact) mass is 296 g/mol. The van der Waals surface area contributed by atoms with E-state index < -0.39 is 0 Å². The highest BCUT2D eigenvalue weighted by molar-refractivity contribution is 6.33. The zero-order chi connectivity index (χ0) is 14.4. The zero-order valence-electron chi connectivity index (χ0n) is 12.5. The highest BCUT2D eigenvalue weighted by Crippen LogP contribution is 2.30. The molecule has 1 fully saturated rings. The van der Waals surface area contributed by atoms with Crippen molar-refractivity contribution in [2.45, 2.75) is 39.3 Å². The minimum absolute atomic E-state index is 0.435. The van der Waals surface area contributed by atoms with Crippen LogP contribution in [0.3, 0.4) is 0 Å². The molecule has 1 aliphatic heterocycles. The van der Waals surface area contributed by atoms with Gasteiger partial charge in [-0.2, -0.15) is 0 Å². The van der Waals surface area contributed by atoms with Crippen LogP contribution in [0.25, 0.3) is 0 Å². The van der Waals surface area contributed by atoms with E-state index in [4.69, 9.17) is 16.3 Å². The van der Waals surface area contributed by atoms with E-state index in [1.165, 1.54) is 5.56 Å². The summed E-state index contributed by atoms with van der Waals surface area (Å²) in [4.78, 5) is 2.38. The lowest BCUT2D eigenvalue weighted by atomic mass is 10.1. The fourth-order valence-electron chi connectivity index (χ4n) is 2.61. The number of nitrogens with zero attached hydrogens (tertiary/aromatic N) is 1. The molecule has 1 saturated heterocycles. The molecule has 1 unspecified atom stereocenters. The third-order valence-electron chi connectivity index (χ3n) is 3.78. The van der Waals surface area contributed by atoms with Crippen LogP contribution in [-0.4, -0.2) is 32.3 Å². The number of ether oxygens (including phenoxy) is 1. The first-order valence-electron chi connectivity index (χ1n) is 7.59. The van der Waals surface area contributed by atoms with Crippen molar-refractivity contribution in [1.29, 1.82) is 0 Å². The van der Waals surface area contributed by atoms with Gasteiger partial charge in [0.1, 0.15) is 0 Å². The summed E-state index contributed by atoms with van der Waals surface area (Å²) in [5.74, 6) is 0. The standard InChI is InChI=1S/C16H25ClN2O/c1-3-7-18-11-13-5-6-16(15(17)10-13)19-8-9-20-12-14(19)4-2/h5-6,10,14,18H,3-4,7-9,11-12H2,1-2H3. The van der Waals surface area contributed by atoms with Gasteiger partial charge in [-0.25, -0.2) is 0 Å². The van der Waals surface area contributed by atoms with Crippen LogP contribution in [0.5, 0.6) is 0 Å². The van der Waals surface area contributed by atoms with Crippen LogP contribution in [0.15, 0.2) is 18.2 Å². The fourth-order valence-corrected chi connectivity index (χ4v) is 2.92. The first-order chi connectivity index (χ1) is 9.76. The van der Waals surface area contributed by atoms with E-state index in [2.05, 4.69) is 42.3 Å². The third-order valence-corrected chi connectivity index (χ3v) is 4.08. The Morgan fingerprint density at radius 2 is 2.25 bits per heavy atom. The van der Waals surface area contributed by atoms with Gasteiger partial charge in [-0.1, -0.05) is 31.5 Å². The maximum Gasteiger partial charge on any atom is 0.0670 e. The van der Waals surface area contributed by atoms with Crippen LogP contribution >= 0.6 is 11.6 Å². The van der Waals surface area contributed by atoms with Crippen molar-refractivity contribution in [3.63, 3.8) is 0 Å². The van der Waals surface area contributed by atoms with Crippen LogP contribution < -0.4 is 10.2 Å². The molecule has 1 atom stereocenters. The highest BCUT2D eigenvalue weighted by atomic mass is 35.5. The molecule has 0 radical (unpaired) electrons. The van der Waals surface area contributed by atoms with E-state index in [0.29, 0.717) is 6.04 Å².